The van der Waals surface area contributed by atoms with Gasteiger partial charge in [-0.2, -0.15) is 0 Å². The van der Waals surface area contributed by atoms with Gasteiger partial charge in [-0.1, -0.05) is 25.1 Å². The summed E-state index contributed by atoms with van der Waals surface area (Å²) in [5.74, 6) is 0. The van der Waals surface area contributed by atoms with Crippen molar-refractivity contribution >= 4 is 22.4 Å². The standard InChI is InChI=1S/C10H16N2O2S.ClH/c1-2-11-8-9-12-15(13,14)10-6-4-3-5-7-10;/h3-7,11-12H,2,8-9H2,1H3;1H. The molecule has 0 saturated carbocycles. The van der Waals surface area contributed by atoms with Crippen molar-refractivity contribution < 1.29 is 8.42 Å². The molecule has 1 aromatic rings. The molecule has 0 spiro atoms. The number of sulfonamides is 1. The van der Waals surface area contributed by atoms with E-state index in [4.69, 9.17) is 0 Å². The normalized spacial score (nSPS) is 10.8. The summed E-state index contributed by atoms with van der Waals surface area (Å²) in [6.45, 7) is 3.87. The van der Waals surface area contributed by atoms with E-state index >= 15 is 0 Å². The fourth-order valence-electron chi connectivity index (χ4n) is 1.13. The van der Waals surface area contributed by atoms with E-state index in [0.717, 1.165) is 6.54 Å². The fraction of sp³-hybridized carbons (Fsp3) is 0.400. The Kier molecular flexibility index (Phi) is 7.33. The van der Waals surface area contributed by atoms with Gasteiger partial charge >= 0.3 is 0 Å². The zero-order chi connectivity index (χ0) is 11.1. The minimum absolute atomic E-state index is 0. The maximum atomic E-state index is 11.7. The Labute approximate surface area is 103 Å². The van der Waals surface area contributed by atoms with Crippen LogP contribution in [0.1, 0.15) is 6.92 Å². The molecule has 2 N–H and O–H groups in total. The Morgan fingerprint density at radius 2 is 1.75 bits per heavy atom. The quantitative estimate of drug-likeness (QED) is 0.754. The van der Waals surface area contributed by atoms with Gasteiger partial charge in [0.05, 0.1) is 4.90 Å². The van der Waals surface area contributed by atoms with Gasteiger partial charge in [-0.3, -0.25) is 0 Å². The molecule has 0 unspecified atom stereocenters. The first-order valence-electron chi connectivity index (χ1n) is 4.92. The minimum Gasteiger partial charge on any atom is -0.316 e. The van der Waals surface area contributed by atoms with E-state index in [1.807, 2.05) is 6.92 Å². The molecule has 0 heterocycles. The molecule has 0 bridgehead atoms. The zero-order valence-electron chi connectivity index (χ0n) is 9.14. The third-order valence-electron chi connectivity index (χ3n) is 1.90. The summed E-state index contributed by atoms with van der Waals surface area (Å²) in [5, 5.41) is 3.05. The van der Waals surface area contributed by atoms with Crippen LogP contribution in [0.25, 0.3) is 0 Å². The lowest BCUT2D eigenvalue weighted by Gasteiger charge is -2.06. The third kappa shape index (κ3) is 4.94. The first kappa shape index (κ1) is 15.4. The molecular weight excluding hydrogens is 248 g/mol. The van der Waals surface area contributed by atoms with Crippen molar-refractivity contribution in [1.29, 1.82) is 0 Å². The van der Waals surface area contributed by atoms with E-state index in [0.29, 0.717) is 18.0 Å². The largest absolute Gasteiger partial charge is 0.316 e. The number of likely N-dealkylation sites (N-methyl/N-ethyl adjacent to an activating group) is 1. The summed E-state index contributed by atoms with van der Waals surface area (Å²) in [6, 6.07) is 8.36. The summed E-state index contributed by atoms with van der Waals surface area (Å²) >= 11 is 0. The van der Waals surface area contributed by atoms with E-state index < -0.39 is 10.0 Å². The van der Waals surface area contributed by atoms with Crippen molar-refractivity contribution in [2.75, 3.05) is 19.6 Å². The second-order valence-electron chi connectivity index (χ2n) is 3.06. The molecule has 0 aromatic heterocycles. The maximum absolute atomic E-state index is 11.7. The van der Waals surface area contributed by atoms with Gasteiger partial charge in [0, 0.05) is 13.1 Å². The average Bonchev–Trinajstić information content (AvgIpc) is 2.26. The van der Waals surface area contributed by atoms with Crippen LogP contribution in [0.15, 0.2) is 35.2 Å². The highest BCUT2D eigenvalue weighted by molar-refractivity contribution is 7.89. The van der Waals surface area contributed by atoms with Crippen LogP contribution in [0.3, 0.4) is 0 Å². The molecule has 92 valence electrons. The van der Waals surface area contributed by atoms with Crippen molar-refractivity contribution in [2.45, 2.75) is 11.8 Å². The third-order valence-corrected chi connectivity index (χ3v) is 3.37. The molecule has 0 aliphatic rings. The summed E-state index contributed by atoms with van der Waals surface area (Å²) in [6.07, 6.45) is 0. The molecule has 0 fully saturated rings. The molecule has 1 aromatic carbocycles. The fourth-order valence-corrected chi connectivity index (χ4v) is 2.19. The number of benzene rings is 1. The number of hydrogen-bond donors (Lipinski definition) is 2. The first-order chi connectivity index (χ1) is 7.17. The highest BCUT2D eigenvalue weighted by Crippen LogP contribution is 2.05. The zero-order valence-corrected chi connectivity index (χ0v) is 10.8. The van der Waals surface area contributed by atoms with Crippen LogP contribution < -0.4 is 10.0 Å². The Hall–Kier alpha value is -0.620. The number of rotatable bonds is 6. The van der Waals surface area contributed by atoms with Gasteiger partial charge in [0.25, 0.3) is 0 Å². The lowest BCUT2D eigenvalue weighted by Crippen LogP contribution is -2.31. The van der Waals surface area contributed by atoms with Gasteiger partial charge in [0.1, 0.15) is 0 Å². The summed E-state index contributed by atoms with van der Waals surface area (Å²) in [5.41, 5.74) is 0. The van der Waals surface area contributed by atoms with E-state index in [2.05, 4.69) is 10.0 Å². The van der Waals surface area contributed by atoms with Crippen LogP contribution in [-0.2, 0) is 10.0 Å². The van der Waals surface area contributed by atoms with Gasteiger partial charge in [-0.15, -0.1) is 12.4 Å². The Morgan fingerprint density at radius 3 is 2.31 bits per heavy atom. The topological polar surface area (TPSA) is 58.2 Å². The second-order valence-corrected chi connectivity index (χ2v) is 4.83. The SMILES string of the molecule is CCNCCNS(=O)(=O)c1ccccc1.Cl. The summed E-state index contributed by atoms with van der Waals surface area (Å²) in [7, 11) is -3.33. The van der Waals surface area contributed by atoms with Crippen LogP contribution in [0.4, 0.5) is 0 Å². The van der Waals surface area contributed by atoms with E-state index in [1.54, 1.807) is 30.3 Å². The molecule has 1 rings (SSSR count). The lowest BCUT2D eigenvalue weighted by atomic mass is 10.4. The molecule has 0 amide bonds. The van der Waals surface area contributed by atoms with Gasteiger partial charge in [0.2, 0.25) is 10.0 Å². The van der Waals surface area contributed by atoms with Gasteiger partial charge in [-0.25, -0.2) is 13.1 Å². The van der Waals surface area contributed by atoms with E-state index in [9.17, 15) is 8.42 Å². The van der Waals surface area contributed by atoms with Crippen molar-refractivity contribution in [1.82, 2.24) is 10.0 Å². The monoisotopic (exact) mass is 264 g/mol. The molecule has 0 aliphatic heterocycles. The second kappa shape index (κ2) is 7.62. The molecule has 16 heavy (non-hydrogen) atoms. The average molecular weight is 265 g/mol. The number of halogens is 1. The molecule has 0 saturated heterocycles. The summed E-state index contributed by atoms with van der Waals surface area (Å²) in [4.78, 5) is 0.307. The lowest BCUT2D eigenvalue weighted by molar-refractivity contribution is 0.577. The smallest absolute Gasteiger partial charge is 0.240 e. The summed E-state index contributed by atoms with van der Waals surface area (Å²) < 4.78 is 25.8. The van der Waals surface area contributed by atoms with E-state index in [1.165, 1.54) is 0 Å². The highest BCUT2D eigenvalue weighted by Gasteiger charge is 2.11. The molecular formula is C10H17ClN2O2S. The van der Waals surface area contributed by atoms with Crippen LogP contribution in [0, 0.1) is 0 Å². The van der Waals surface area contributed by atoms with Crippen LogP contribution >= 0.6 is 12.4 Å². The van der Waals surface area contributed by atoms with Crippen molar-refractivity contribution in [3.05, 3.63) is 30.3 Å². The molecule has 4 nitrogen and oxygen atoms in total. The Morgan fingerprint density at radius 1 is 1.12 bits per heavy atom. The Balaban J connectivity index is 0.00000225. The maximum Gasteiger partial charge on any atom is 0.240 e. The van der Waals surface area contributed by atoms with Crippen LogP contribution in [0.5, 0.6) is 0 Å². The predicted molar refractivity (Wildman–Crippen MR) is 67.4 cm³/mol. The van der Waals surface area contributed by atoms with Gasteiger partial charge in [-0.05, 0) is 18.7 Å². The number of hydrogen-bond acceptors (Lipinski definition) is 3. The van der Waals surface area contributed by atoms with Crippen molar-refractivity contribution in [3.63, 3.8) is 0 Å². The first-order valence-corrected chi connectivity index (χ1v) is 6.40. The minimum atomic E-state index is -3.33. The van der Waals surface area contributed by atoms with Gasteiger partial charge < -0.3 is 5.32 Å². The molecule has 0 radical (unpaired) electrons. The highest BCUT2D eigenvalue weighted by atomic mass is 35.5. The molecule has 6 heteroatoms. The molecule has 0 aliphatic carbocycles. The van der Waals surface area contributed by atoms with Crippen molar-refractivity contribution in [2.24, 2.45) is 0 Å². The van der Waals surface area contributed by atoms with Crippen LogP contribution in [-0.4, -0.2) is 28.1 Å². The van der Waals surface area contributed by atoms with Crippen molar-refractivity contribution in [3.8, 4) is 0 Å². The predicted octanol–water partition coefficient (Wildman–Crippen LogP) is 0.996. The van der Waals surface area contributed by atoms with Gasteiger partial charge in [0.15, 0.2) is 0 Å². The van der Waals surface area contributed by atoms with E-state index in [-0.39, 0.29) is 12.4 Å². The van der Waals surface area contributed by atoms with Crippen LogP contribution in [0.2, 0.25) is 0 Å². The number of nitrogens with one attached hydrogen (secondary N) is 2. The molecule has 0 atom stereocenters. The Bertz CT molecular complexity index is 381.